The molecule has 2 aromatic rings. The molecule has 0 aliphatic heterocycles. The molecule has 1 heterocycles. The van der Waals surface area contributed by atoms with Crippen LogP contribution in [0, 0.1) is 6.92 Å². The first kappa shape index (κ1) is 9.77. The summed E-state index contributed by atoms with van der Waals surface area (Å²) < 4.78 is 7.22. The molecular formula is C12H14N2O. The first-order valence-corrected chi connectivity index (χ1v) is 4.89. The lowest BCUT2D eigenvalue weighted by atomic mass is 10.2. The van der Waals surface area contributed by atoms with E-state index in [1.54, 1.807) is 7.11 Å². The number of imidazole rings is 1. The van der Waals surface area contributed by atoms with Crippen molar-refractivity contribution < 1.29 is 4.74 Å². The van der Waals surface area contributed by atoms with E-state index in [1.165, 1.54) is 11.3 Å². The maximum atomic E-state index is 5.11. The van der Waals surface area contributed by atoms with Gasteiger partial charge in [-0.2, -0.15) is 0 Å². The second-order valence-corrected chi connectivity index (χ2v) is 3.51. The molecule has 78 valence electrons. The third kappa shape index (κ3) is 2.18. The topological polar surface area (TPSA) is 27.1 Å². The van der Waals surface area contributed by atoms with Crippen LogP contribution in [0.15, 0.2) is 36.8 Å². The quantitative estimate of drug-likeness (QED) is 0.763. The smallest absolute Gasteiger partial charge is 0.118 e. The van der Waals surface area contributed by atoms with Crippen LogP contribution in [0.1, 0.15) is 11.3 Å². The molecule has 0 fully saturated rings. The molecule has 0 saturated heterocycles. The van der Waals surface area contributed by atoms with Gasteiger partial charge < -0.3 is 9.30 Å². The van der Waals surface area contributed by atoms with E-state index in [9.17, 15) is 0 Å². The Hall–Kier alpha value is -1.77. The van der Waals surface area contributed by atoms with Gasteiger partial charge in [-0.25, -0.2) is 4.98 Å². The summed E-state index contributed by atoms with van der Waals surface area (Å²) in [6.07, 6.45) is 3.71. The van der Waals surface area contributed by atoms with E-state index >= 15 is 0 Å². The van der Waals surface area contributed by atoms with Crippen molar-refractivity contribution in [1.82, 2.24) is 9.55 Å². The van der Waals surface area contributed by atoms with Crippen molar-refractivity contribution in [2.45, 2.75) is 13.5 Å². The largest absolute Gasteiger partial charge is 0.497 e. The van der Waals surface area contributed by atoms with E-state index in [1.807, 2.05) is 24.7 Å². The molecule has 0 bridgehead atoms. The molecule has 0 aliphatic carbocycles. The number of hydrogen-bond acceptors (Lipinski definition) is 2. The summed E-state index contributed by atoms with van der Waals surface area (Å²) >= 11 is 0. The summed E-state index contributed by atoms with van der Waals surface area (Å²) in [5.41, 5.74) is 2.42. The van der Waals surface area contributed by atoms with Crippen LogP contribution in [0.3, 0.4) is 0 Å². The van der Waals surface area contributed by atoms with Crippen molar-refractivity contribution in [3.8, 4) is 5.75 Å². The molecule has 3 heteroatoms. The highest BCUT2D eigenvalue weighted by Gasteiger charge is 1.98. The highest BCUT2D eigenvalue weighted by molar-refractivity contribution is 5.27. The van der Waals surface area contributed by atoms with Crippen LogP contribution in [-0.2, 0) is 6.54 Å². The standard InChI is InChI=1S/C12H14N2O/c1-10-7-13-9-14(10)8-11-3-5-12(15-2)6-4-11/h3-7,9H,8H2,1-2H3. The van der Waals surface area contributed by atoms with Crippen molar-refractivity contribution in [2.24, 2.45) is 0 Å². The van der Waals surface area contributed by atoms with Crippen LogP contribution in [-0.4, -0.2) is 16.7 Å². The molecule has 0 saturated carbocycles. The number of methoxy groups -OCH3 is 1. The number of hydrogen-bond donors (Lipinski definition) is 0. The van der Waals surface area contributed by atoms with E-state index in [4.69, 9.17) is 4.74 Å². The van der Waals surface area contributed by atoms with Gasteiger partial charge in [0.25, 0.3) is 0 Å². The lowest BCUT2D eigenvalue weighted by Crippen LogP contribution is -1.99. The molecule has 0 radical (unpaired) electrons. The summed E-state index contributed by atoms with van der Waals surface area (Å²) in [6, 6.07) is 8.08. The van der Waals surface area contributed by atoms with Gasteiger partial charge in [-0.3, -0.25) is 0 Å². The van der Waals surface area contributed by atoms with Gasteiger partial charge >= 0.3 is 0 Å². The summed E-state index contributed by atoms with van der Waals surface area (Å²) in [5, 5.41) is 0. The van der Waals surface area contributed by atoms with Crippen LogP contribution in [0.2, 0.25) is 0 Å². The Morgan fingerprint density at radius 3 is 2.53 bits per heavy atom. The lowest BCUT2D eigenvalue weighted by molar-refractivity contribution is 0.414. The lowest BCUT2D eigenvalue weighted by Gasteiger charge is -2.06. The van der Waals surface area contributed by atoms with Gasteiger partial charge in [0.2, 0.25) is 0 Å². The first-order chi connectivity index (χ1) is 7.29. The molecule has 2 rings (SSSR count). The molecule has 1 aromatic carbocycles. The third-order valence-corrected chi connectivity index (χ3v) is 2.43. The van der Waals surface area contributed by atoms with Gasteiger partial charge in [0.1, 0.15) is 5.75 Å². The van der Waals surface area contributed by atoms with Crippen LogP contribution in [0.5, 0.6) is 5.75 Å². The predicted molar refractivity (Wildman–Crippen MR) is 59.1 cm³/mol. The highest BCUT2D eigenvalue weighted by atomic mass is 16.5. The maximum Gasteiger partial charge on any atom is 0.118 e. The highest BCUT2D eigenvalue weighted by Crippen LogP contribution is 2.12. The molecule has 0 amide bonds. The average Bonchev–Trinajstić information content (AvgIpc) is 2.66. The Balaban J connectivity index is 2.14. The third-order valence-electron chi connectivity index (χ3n) is 2.43. The van der Waals surface area contributed by atoms with E-state index in [0.717, 1.165) is 12.3 Å². The number of aromatic nitrogens is 2. The van der Waals surface area contributed by atoms with Crippen molar-refractivity contribution in [1.29, 1.82) is 0 Å². The minimum atomic E-state index is 0.857. The van der Waals surface area contributed by atoms with Crippen LogP contribution in [0.4, 0.5) is 0 Å². The minimum absolute atomic E-state index is 0.857. The SMILES string of the molecule is COc1ccc(Cn2cncc2C)cc1. The van der Waals surface area contributed by atoms with Gasteiger partial charge in [-0.1, -0.05) is 12.1 Å². The molecule has 0 atom stereocenters. The number of ether oxygens (including phenoxy) is 1. The molecule has 0 unspecified atom stereocenters. The molecule has 15 heavy (non-hydrogen) atoms. The number of benzene rings is 1. The fourth-order valence-electron chi connectivity index (χ4n) is 1.48. The van der Waals surface area contributed by atoms with Crippen molar-refractivity contribution >= 4 is 0 Å². The minimum Gasteiger partial charge on any atom is -0.497 e. The molecule has 0 aliphatic rings. The Kier molecular flexibility index (Phi) is 2.72. The zero-order valence-corrected chi connectivity index (χ0v) is 8.97. The molecular weight excluding hydrogens is 188 g/mol. The summed E-state index contributed by atoms with van der Waals surface area (Å²) in [6.45, 7) is 2.91. The Bertz CT molecular complexity index is 431. The predicted octanol–water partition coefficient (Wildman–Crippen LogP) is 2.25. The van der Waals surface area contributed by atoms with Crippen molar-refractivity contribution in [3.63, 3.8) is 0 Å². The van der Waals surface area contributed by atoms with Gasteiger partial charge in [0.15, 0.2) is 0 Å². The average molecular weight is 202 g/mol. The normalized spacial score (nSPS) is 10.3. The Labute approximate surface area is 89.3 Å². The van der Waals surface area contributed by atoms with Crippen molar-refractivity contribution in [2.75, 3.05) is 7.11 Å². The second kappa shape index (κ2) is 4.17. The molecule has 3 nitrogen and oxygen atoms in total. The van der Waals surface area contributed by atoms with Crippen molar-refractivity contribution in [3.05, 3.63) is 48.0 Å². The summed E-state index contributed by atoms with van der Waals surface area (Å²) in [5.74, 6) is 0.890. The second-order valence-electron chi connectivity index (χ2n) is 3.51. The number of nitrogens with zero attached hydrogens (tertiary/aromatic N) is 2. The van der Waals surface area contributed by atoms with Gasteiger partial charge in [0.05, 0.1) is 13.4 Å². The zero-order valence-electron chi connectivity index (χ0n) is 8.97. The monoisotopic (exact) mass is 202 g/mol. The molecule has 0 N–H and O–H groups in total. The van der Waals surface area contributed by atoms with Gasteiger partial charge in [0, 0.05) is 18.4 Å². The fraction of sp³-hybridized carbons (Fsp3) is 0.250. The maximum absolute atomic E-state index is 5.11. The summed E-state index contributed by atoms with van der Waals surface area (Å²) in [4.78, 5) is 4.09. The Morgan fingerprint density at radius 2 is 2.00 bits per heavy atom. The van der Waals surface area contributed by atoms with E-state index < -0.39 is 0 Å². The number of aryl methyl sites for hydroxylation is 1. The van der Waals surface area contributed by atoms with Crippen LogP contribution >= 0.6 is 0 Å². The van der Waals surface area contributed by atoms with Crippen LogP contribution < -0.4 is 4.74 Å². The fourth-order valence-corrected chi connectivity index (χ4v) is 1.48. The first-order valence-electron chi connectivity index (χ1n) is 4.89. The van der Waals surface area contributed by atoms with E-state index in [0.29, 0.717) is 0 Å². The molecule has 0 spiro atoms. The van der Waals surface area contributed by atoms with E-state index in [2.05, 4.69) is 28.6 Å². The zero-order chi connectivity index (χ0) is 10.7. The molecule has 1 aromatic heterocycles. The Morgan fingerprint density at radius 1 is 1.27 bits per heavy atom. The van der Waals surface area contributed by atoms with Gasteiger partial charge in [-0.15, -0.1) is 0 Å². The number of rotatable bonds is 3. The van der Waals surface area contributed by atoms with Gasteiger partial charge in [-0.05, 0) is 24.6 Å². The van der Waals surface area contributed by atoms with Crippen LogP contribution in [0.25, 0.3) is 0 Å². The van der Waals surface area contributed by atoms with E-state index in [-0.39, 0.29) is 0 Å². The summed E-state index contributed by atoms with van der Waals surface area (Å²) in [7, 11) is 1.68.